The molecule has 0 saturated heterocycles. The summed E-state index contributed by atoms with van der Waals surface area (Å²) < 4.78 is 26.8. The maximum Gasteiger partial charge on any atom is 0.275 e. The number of hydrogen-bond acceptors (Lipinski definition) is 4. The third kappa shape index (κ3) is 3.35. The zero-order valence-corrected chi connectivity index (χ0v) is 9.46. The quantitative estimate of drug-likeness (QED) is 0.614. The molecule has 0 aliphatic rings. The first-order chi connectivity index (χ1) is 7.95. The van der Waals surface area contributed by atoms with Gasteiger partial charge in [-0.2, -0.15) is 0 Å². The summed E-state index contributed by atoms with van der Waals surface area (Å²) in [5.74, 6) is -1.94. The van der Waals surface area contributed by atoms with Gasteiger partial charge < -0.3 is 10.6 Å². The van der Waals surface area contributed by atoms with Crippen molar-refractivity contribution in [1.82, 2.24) is 5.32 Å². The molecule has 0 aromatic heterocycles. The Hall–Kier alpha value is -1.76. The van der Waals surface area contributed by atoms with Crippen molar-refractivity contribution in [1.29, 1.82) is 0 Å². The van der Waals surface area contributed by atoms with Crippen LogP contribution in [-0.2, 0) is 0 Å². The Bertz CT molecular complexity index is 403. The van der Waals surface area contributed by atoms with Gasteiger partial charge in [-0.1, -0.05) is 0 Å². The number of hydrogen-bond donors (Lipinski definition) is 2. The second-order valence-electron chi connectivity index (χ2n) is 3.61. The Morgan fingerprint density at radius 3 is 2.35 bits per heavy atom. The van der Waals surface area contributed by atoms with E-state index in [9.17, 15) is 18.9 Å². The molecule has 1 aromatic rings. The Morgan fingerprint density at radius 1 is 1.41 bits per heavy atom. The first-order valence-electron chi connectivity index (χ1n) is 5.00. The molecule has 0 bridgehead atoms. The van der Waals surface area contributed by atoms with Crippen molar-refractivity contribution in [2.24, 2.45) is 0 Å². The minimum absolute atomic E-state index is 0.0176. The summed E-state index contributed by atoms with van der Waals surface area (Å²) in [5, 5.41) is 15.8. The largest absolute Gasteiger partial charge is 0.379 e. The summed E-state index contributed by atoms with van der Waals surface area (Å²) in [6, 6.07) is 1.40. The molecular weight excluding hydrogens is 232 g/mol. The molecular formula is C10H13F2N3O2. The molecule has 0 aliphatic heterocycles. The van der Waals surface area contributed by atoms with Crippen LogP contribution in [-0.4, -0.2) is 24.6 Å². The highest BCUT2D eigenvalue weighted by molar-refractivity contribution is 5.51. The van der Waals surface area contributed by atoms with E-state index in [1.807, 2.05) is 6.92 Å². The molecule has 0 saturated carbocycles. The van der Waals surface area contributed by atoms with Gasteiger partial charge in [-0.3, -0.25) is 10.1 Å². The highest BCUT2D eigenvalue weighted by Gasteiger charge is 2.16. The lowest BCUT2D eigenvalue weighted by atomic mass is 10.2. The number of nitrogens with one attached hydrogen (secondary N) is 2. The van der Waals surface area contributed by atoms with Crippen molar-refractivity contribution in [2.75, 3.05) is 18.9 Å². The van der Waals surface area contributed by atoms with E-state index in [1.165, 1.54) is 0 Å². The Labute approximate surface area is 97.0 Å². The van der Waals surface area contributed by atoms with E-state index in [2.05, 4.69) is 10.6 Å². The number of non-ortho nitro benzene ring substituents is 1. The first-order valence-corrected chi connectivity index (χ1v) is 5.00. The molecule has 0 fully saturated rings. The summed E-state index contributed by atoms with van der Waals surface area (Å²) in [6.07, 6.45) is 0. The molecule has 1 atom stereocenters. The normalized spacial score (nSPS) is 12.2. The predicted molar refractivity (Wildman–Crippen MR) is 60.0 cm³/mol. The van der Waals surface area contributed by atoms with E-state index in [0.717, 1.165) is 0 Å². The second-order valence-corrected chi connectivity index (χ2v) is 3.61. The number of nitro benzene ring substituents is 1. The second kappa shape index (κ2) is 5.53. The lowest BCUT2D eigenvalue weighted by molar-refractivity contribution is -0.385. The van der Waals surface area contributed by atoms with Crippen LogP contribution in [0.3, 0.4) is 0 Å². The van der Waals surface area contributed by atoms with Gasteiger partial charge in [-0.05, 0) is 14.0 Å². The van der Waals surface area contributed by atoms with Gasteiger partial charge in [0.1, 0.15) is 5.69 Å². The van der Waals surface area contributed by atoms with Crippen molar-refractivity contribution in [2.45, 2.75) is 13.0 Å². The summed E-state index contributed by atoms with van der Waals surface area (Å²) in [7, 11) is 1.72. The van der Waals surface area contributed by atoms with Gasteiger partial charge in [0, 0.05) is 12.6 Å². The van der Waals surface area contributed by atoms with Gasteiger partial charge in [0.25, 0.3) is 5.69 Å². The Kier molecular flexibility index (Phi) is 4.33. The topological polar surface area (TPSA) is 67.2 Å². The molecule has 94 valence electrons. The van der Waals surface area contributed by atoms with Gasteiger partial charge in [0.2, 0.25) is 0 Å². The van der Waals surface area contributed by atoms with Crippen LogP contribution in [0.25, 0.3) is 0 Å². The van der Waals surface area contributed by atoms with E-state index in [0.29, 0.717) is 18.7 Å². The van der Waals surface area contributed by atoms with Crippen LogP contribution in [0.15, 0.2) is 12.1 Å². The van der Waals surface area contributed by atoms with Crippen LogP contribution < -0.4 is 10.6 Å². The van der Waals surface area contributed by atoms with Crippen molar-refractivity contribution in [3.05, 3.63) is 33.9 Å². The van der Waals surface area contributed by atoms with Crippen molar-refractivity contribution < 1.29 is 13.7 Å². The summed E-state index contributed by atoms with van der Waals surface area (Å²) >= 11 is 0. The van der Waals surface area contributed by atoms with Gasteiger partial charge in [0.15, 0.2) is 11.6 Å². The molecule has 0 radical (unpaired) electrons. The maximum atomic E-state index is 13.4. The van der Waals surface area contributed by atoms with Crippen LogP contribution in [0.1, 0.15) is 6.92 Å². The van der Waals surface area contributed by atoms with Gasteiger partial charge in [0.05, 0.1) is 17.1 Å². The summed E-state index contributed by atoms with van der Waals surface area (Å²) in [5.41, 5.74) is -0.954. The van der Waals surface area contributed by atoms with E-state index >= 15 is 0 Å². The molecule has 0 heterocycles. The van der Waals surface area contributed by atoms with Gasteiger partial charge in [-0.25, -0.2) is 8.78 Å². The number of nitro groups is 1. The van der Waals surface area contributed by atoms with E-state index < -0.39 is 22.2 Å². The third-order valence-corrected chi connectivity index (χ3v) is 2.32. The van der Waals surface area contributed by atoms with E-state index in [-0.39, 0.29) is 11.7 Å². The SMILES string of the molecule is CNC(C)CNc1c(F)cc([N+](=O)[O-])cc1F. The van der Waals surface area contributed by atoms with Crippen LogP contribution in [0.4, 0.5) is 20.2 Å². The van der Waals surface area contributed by atoms with Crippen LogP contribution in [0.5, 0.6) is 0 Å². The predicted octanol–water partition coefficient (Wildman–Crippen LogP) is 1.89. The van der Waals surface area contributed by atoms with Gasteiger partial charge in [-0.15, -0.1) is 0 Å². The zero-order valence-electron chi connectivity index (χ0n) is 9.46. The molecule has 7 heteroatoms. The molecule has 1 unspecified atom stereocenters. The fourth-order valence-corrected chi connectivity index (χ4v) is 1.19. The van der Waals surface area contributed by atoms with E-state index in [1.54, 1.807) is 7.05 Å². The number of anilines is 1. The van der Waals surface area contributed by atoms with Crippen LogP contribution in [0.2, 0.25) is 0 Å². The van der Waals surface area contributed by atoms with Crippen molar-refractivity contribution in [3.63, 3.8) is 0 Å². The van der Waals surface area contributed by atoms with Crippen LogP contribution in [0, 0.1) is 21.7 Å². The zero-order chi connectivity index (χ0) is 13.0. The smallest absolute Gasteiger partial charge is 0.275 e. The molecule has 5 nitrogen and oxygen atoms in total. The Balaban J connectivity index is 2.90. The lowest BCUT2D eigenvalue weighted by Gasteiger charge is -2.13. The molecule has 0 amide bonds. The van der Waals surface area contributed by atoms with Crippen molar-refractivity contribution >= 4 is 11.4 Å². The Morgan fingerprint density at radius 2 is 1.94 bits per heavy atom. The molecule has 17 heavy (non-hydrogen) atoms. The molecule has 2 N–H and O–H groups in total. The minimum atomic E-state index is -0.972. The standard InChI is InChI=1S/C10H13F2N3O2/c1-6(13-2)5-14-10-8(11)3-7(15(16)17)4-9(10)12/h3-4,6,13-14H,5H2,1-2H3. The summed E-state index contributed by atoms with van der Waals surface area (Å²) in [6.45, 7) is 2.14. The highest BCUT2D eigenvalue weighted by Crippen LogP contribution is 2.24. The highest BCUT2D eigenvalue weighted by atomic mass is 19.1. The number of rotatable bonds is 5. The number of likely N-dealkylation sites (N-methyl/N-ethyl adjacent to an activating group) is 1. The molecule has 0 spiro atoms. The molecule has 0 aliphatic carbocycles. The van der Waals surface area contributed by atoms with Gasteiger partial charge >= 0.3 is 0 Å². The average Bonchev–Trinajstić information content (AvgIpc) is 2.27. The minimum Gasteiger partial charge on any atom is -0.379 e. The average molecular weight is 245 g/mol. The third-order valence-electron chi connectivity index (χ3n) is 2.32. The van der Waals surface area contributed by atoms with E-state index in [4.69, 9.17) is 0 Å². The monoisotopic (exact) mass is 245 g/mol. The fourth-order valence-electron chi connectivity index (χ4n) is 1.19. The number of halogens is 2. The first kappa shape index (κ1) is 13.3. The van der Waals surface area contributed by atoms with Crippen LogP contribution >= 0.6 is 0 Å². The van der Waals surface area contributed by atoms with Crippen molar-refractivity contribution in [3.8, 4) is 0 Å². The number of nitrogens with zero attached hydrogens (tertiary/aromatic N) is 1. The fraction of sp³-hybridized carbons (Fsp3) is 0.400. The number of benzene rings is 1. The molecule has 1 aromatic carbocycles. The summed E-state index contributed by atoms with van der Waals surface area (Å²) in [4.78, 5) is 9.53. The lowest BCUT2D eigenvalue weighted by Crippen LogP contribution is -2.29. The molecule has 1 rings (SSSR count). The maximum absolute atomic E-state index is 13.4.